The van der Waals surface area contributed by atoms with Gasteiger partial charge in [-0.3, -0.25) is 0 Å². The van der Waals surface area contributed by atoms with E-state index in [9.17, 15) is 0 Å². The fraction of sp³-hybridized carbons (Fsp3) is 0.500. The Labute approximate surface area is 84.3 Å². The van der Waals surface area contributed by atoms with E-state index in [1.54, 1.807) is 5.56 Å². The Morgan fingerprint density at radius 2 is 2.00 bits per heavy atom. The van der Waals surface area contributed by atoms with Crippen molar-refractivity contribution in [2.75, 3.05) is 0 Å². The second-order valence-corrected chi connectivity index (χ2v) is 5.41. The fourth-order valence-electron chi connectivity index (χ4n) is 2.26. The van der Waals surface area contributed by atoms with Crippen LogP contribution in [0.4, 0.5) is 0 Å². The van der Waals surface area contributed by atoms with Crippen molar-refractivity contribution in [2.24, 2.45) is 0 Å². The molecule has 13 heavy (non-hydrogen) atoms. The predicted molar refractivity (Wildman–Crippen MR) is 60.5 cm³/mol. The van der Waals surface area contributed by atoms with E-state index in [4.69, 9.17) is 0 Å². The van der Waals surface area contributed by atoms with Crippen LogP contribution < -0.4 is 0 Å². The summed E-state index contributed by atoms with van der Waals surface area (Å²) >= 11 is 1.95. The quantitative estimate of drug-likeness (QED) is 0.575. The van der Waals surface area contributed by atoms with E-state index in [2.05, 4.69) is 33.8 Å². The minimum atomic E-state index is 0.727. The maximum atomic E-state index is 2.36. The van der Waals surface area contributed by atoms with E-state index in [-0.39, 0.29) is 0 Å². The smallest absolute Gasteiger partial charge is 0.0310 e. The average molecular weight is 192 g/mol. The Morgan fingerprint density at radius 1 is 1.31 bits per heavy atom. The molecule has 1 aliphatic carbocycles. The van der Waals surface area contributed by atoms with Crippen molar-refractivity contribution in [3.63, 3.8) is 0 Å². The zero-order chi connectivity index (χ0) is 9.59. The average Bonchev–Trinajstić information content (AvgIpc) is 2.27. The Morgan fingerprint density at radius 3 is 2.69 bits per heavy atom. The summed E-state index contributed by atoms with van der Waals surface area (Å²) in [6.07, 6.45) is 3.60. The van der Waals surface area contributed by atoms with Crippen molar-refractivity contribution >= 4 is 17.4 Å². The minimum Gasteiger partial charge on any atom is -0.141 e. The molecule has 0 radical (unpaired) electrons. The molecule has 1 aromatic heterocycles. The van der Waals surface area contributed by atoms with Crippen molar-refractivity contribution in [3.05, 3.63) is 26.5 Å². The van der Waals surface area contributed by atoms with Gasteiger partial charge in [0.1, 0.15) is 0 Å². The first-order valence-corrected chi connectivity index (χ1v) is 5.68. The highest BCUT2D eigenvalue weighted by atomic mass is 32.1. The molecule has 1 heterocycles. The molecular weight excluding hydrogens is 176 g/mol. The molecular formula is C12H16S. The third-order valence-electron chi connectivity index (χ3n) is 2.96. The summed E-state index contributed by atoms with van der Waals surface area (Å²) < 4.78 is 0. The van der Waals surface area contributed by atoms with Crippen molar-refractivity contribution in [1.82, 2.24) is 0 Å². The predicted octanol–water partition coefficient (Wildman–Crippen LogP) is 4.28. The Hall–Kier alpha value is -0.560. The van der Waals surface area contributed by atoms with Gasteiger partial charge >= 0.3 is 0 Å². The number of hydrogen-bond acceptors (Lipinski definition) is 1. The lowest BCUT2D eigenvalue weighted by Crippen LogP contribution is -2.01. The minimum absolute atomic E-state index is 0.727. The molecule has 2 rings (SSSR count). The number of hydrogen-bond donors (Lipinski definition) is 0. The summed E-state index contributed by atoms with van der Waals surface area (Å²) in [4.78, 5) is 2.99. The second kappa shape index (κ2) is 2.98. The highest BCUT2D eigenvalue weighted by Crippen LogP contribution is 2.40. The van der Waals surface area contributed by atoms with Gasteiger partial charge in [-0.2, -0.15) is 0 Å². The summed E-state index contributed by atoms with van der Waals surface area (Å²) in [5.74, 6) is 0.727. The fourth-order valence-corrected chi connectivity index (χ4v) is 3.58. The lowest BCUT2D eigenvalue weighted by Gasteiger charge is -2.18. The molecule has 0 nitrogen and oxygen atoms in total. The van der Waals surface area contributed by atoms with Gasteiger partial charge in [0.25, 0.3) is 0 Å². The van der Waals surface area contributed by atoms with Crippen molar-refractivity contribution in [2.45, 2.75) is 40.0 Å². The monoisotopic (exact) mass is 192 g/mol. The summed E-state index contributed by atoms with van der Waals surface area (Å²) in [5.41, 5.74) is 4.66. The van der Waals surface area contributed by atoms with E-state index >= 15 is 0 Å². The SMILES string of the molecule is CC1=Cc2sc(C)c(C)c2C(C)C1. The third kappa shape index (κ3) is 1.35. The van der Waals surface area contributed by atoms with Gasteiger partial charge in [0, 0.05) is 9.75 Å². The van der Waals surface area contributed by atoms with Crippen molar-refractivity contribution in [3.8, 4) is 0 Å². The summed E-state index contributed by atoms with van der Waals surface area (Å²) in [6.45, 7) is 9.07. The van der Waals surface area contributed by atoms with Gasteiger partial charge in [0.2, 0.25) is 0 Å². The van der Waals surface area contributed by atoms with Crippen LogP contribution in [0, 0.1) is 13.8 Å². The van der Waals surface area contributed by atoms with E-state index in [1.165, 1.54) is 27.3 Å². The number of aryl methyl sites for hydroxylation is 1. The highest BCUT2D eigenvalue weighted by molar-refractivity contribution is 7.13. The molecule has 70 valence electrons. The van der Waals surface area contributed by atoms with Crippen LogP contribution >= 0.6 is 11.3 Å². The van der Waals surface area contributed by atoms with Gasteiger partial charge in [-0.15, -0.1) is 11.3 Å². The highest BCUT2D eigenvalue weighted by Gasteiger charge is 2.20. The Kier molecular flexibility index (Phi) is 2.07. The standard InChI is InChI=1S/C12H16S/c1-7-5-8(2)12-9(3)10(4)13-11(12)6-7/h6,8H,5H2,1-4H3. The molecule has 0 aromatic carbocycles. The van der Waals surface area contributed by atoms with Gasteiger partial charge in [-0.1, -0.05) is 12.5 Å². The number of fused-ring (bicyclic) bond motifs is 1. The van der Waals surface area contributed by atoms with E-state index in [0.29, 0.717) is 0 Å². The summed E-state index contributed by atoms with van der Waals surface area (Å²) in [5, 5.41) is 0. The first-order valence-electron chi connectivity index (χ1n) is 4.86. The van der Waals surface area contributed by atoms with Crippen LogP contribution in [0.3, 0.4) is 0 Å². The maximum Gasteiger partial charge on any atom is 0.0310 e. The molecule has 0 N–H and O–H groups in total. The van der Waals surface area contributed by atoms with Crippen molar-refractivity contribution in [1.29, 1.82) is 0 Å². The third-order valence-corrected chi connectivity index (χ3v) is 4.13. The van der Waals surface area contributed by atoms with E-state index < -0.39 is 0 Å². The largest absolute Gasteiger partial charge is 0.141 e. The van der Waals surface area contributed by atoms with Crippen LogP contribution in [0.25, 0.3) is 6.08 Å². The number of allylic oxidation sites excluding steroid dienone is 1. The van der Waals surface area contributed by atoms with Crippen LogP contribution in [0.5, 0.6) is 0 Å². The van der Waals surface area contributed by atoms with Crippen LogP contribution in [0.2, 0.25) is 0 Å². The molecule has 0 saturated carbocycles. The Bertz CT molecular complexity index is 369. The maximum absolute atomic E-state index is 2.36. The van der Waals surface area contributed by atoms with Crippen molar-refractivity contribution < 1.29 is 0 Å². The summed E-state index contributed by atoms with van der Waals surface area (Å²) in [7, 11) is 0. The van der Waals surface area contributed by atoms with Gasteiger partial charge in [-0.05, 0) is 50.3 Å². The van der Waals surface area contributed by atoms with Gasteiger partial charge in [0.05, 0.1) is 0 Å². The molecule has 1 heteroatoms. The molecule has 0 spiro atoms. The molecule has 0 bridgehead atoms. The first kappa shape index (κ1) is 9.01. The van der Waals surface area contributed by atoms with E-state index in [0.717, 1.165) is 5.92 Å². The zero-order valence-electron chi connectivity index (χ0n) is 8.77. The molecule has 0 amide bonds. The molecule has 1 aliphatic rings. The van der Waals surface area contributed by atoms with Crippen LogP contribution in [0.15, 0.2) is 5.57 Å². The normalized spacial score (nSPS) is 21.2. The molecule has 1 unspecified atom stereocenters. The number of rotatable bonds is 0. The summed E-state index contributed by atoms with van der Waals surface area (Å²) in [6, 6.07) is 0. The molecule has 0 fully saturated rings. The Balaban J connectivity index is 2.62. The van der Waals surface area contributed by atoms with Gasteiger partial charge in [-0.25, -0.2) is 0 Å². The molecule has 1 aromatic rings. The lowest BCUT2D eigenvalue weighted by atomic mass is 9.87. The van der Waals surface area contributed by atoms with E-state index in [1.807, 2.05) is 11.3 Å². The zero-order valence-corrected chi connectivity index (χ0v) is 9.59. The van der Waals surface area contributed by atoms with Crippen LogP contribution in [-0.2, 0) is 0 Å². The topological polar surface area (TPSA) is 0 Å². The molecule has 1 atom stereocenters. The van der Waals surface area contributed by atoms with Crippen LogP contribution in [-0.4, -0.2) is 0 Å². The van der Waals surface area contributed by atoms with Crippen LogP contribution in [0.1, 0.15) is 47.1 Å². The second-order valence-electron chi connectivity index (χ2n) is 4.16. The lowest BCUT2D eigenvalue weighted by molar-refractivity contribution is 0.741. The molecule has 0 aliphatic heterocycles. The van der Waals surface area contributed by atoms with Gasteiger partial charge < -0.3 is 0 Å². The number of thiophene rings is 1. The first-order chi connectivity index (χ1) is 6.09. The molecule has 0 saturated heterocycles. The van der Waals surface area contributed by atoms with Gasteiger partial charge in [0.15, 0.2) is 0 Å².